The van der Waals surface area contributed by atoms with Crippen LogP contribution in [0.4, 0.5) is 5.00 Å². The summed E-state index contributed by atoms with van der Waals surface area (Å²) in [5, 5.41) is 13.4. The summed E-state index contributed by atoms with van der Waals surface area (Å²) in [4.78, 5) is 32.7. The predicted molar refractivity (Wildman–Crippen MR) is 129 cm³/mol. The van der Waals surface area contributed by atoms with Gasteiger partial charge in [0.25, 0.3) is 0 Å². The molecule has 2 unspecified atom stereocenters. The SMILES string of the molecule is COc1cccc(C2CC2C(=O)Nc2sc3c(c2C#N)CCN(C(=O)Cc2ccccn2)C3)c1. The number of carbonyl (C=O) groups is 2. The molecule has 1 aliphatic carbocycles. The fourth-order valence-corrected chi connectivity index (χ4v) is 5.74. The van der Waals surface area contributed by atoms with Crippen LogP contribution in [0.15, 0.2) is 48.7 Å². The average Bonchev–Trinajstić information content (AvgIpc) is 3.60. The van der Waals surface area contributed by atoms with E-state index in [2.05, 4.69) is 16.4 Å². The fourth-order valence-electron chi connectivity index (χ4n) is 4.52. The van der Waals surface area contributed by atoms with Gasteiger partial charge in [-0.3, -0.25) is 14.6 Å². The minimum Gasteiger partial charge on any atom is -0.497 e. The first kappa shape index (κ1) is 22.1. The summed E-state index contributed by atoms with van der Waals surface area (Å²) in [6, 6.07) is 15.6. The summed E-state index contributed by atoms with van der Waals surface area (Å²) in [6.07, 6.45) is 3.32. The molecule has 5 rings (SSSR count). The zero-order chi connectivity index (χ0) is 23.7. The monoisotopic (exact) mass is 472 g/mol. The molecule has 8 heteroatoms. The molecule has 3 aromatic rings. The van der Waals surface area contributed by atoms with Gasteiger partial charge in [-0.1, -0.05) is 18.2 Å². The Morgan fingerprint density at radius 2 is 2.18 bits per heavy atom. The maximum atomic E-state index is 13.0. The molecule has 7 nitrogen and oxygen atoms in total. The second kappa shape index (κ2) is 9.27. The van der Waals surface area contributed by atoms with Crippen molar-refractivity contribution >= 4 is 28.2 Å². The lowest BCUT2D eigenvalue weighted by Gasteiger charge is -2.27. The minimum atomic E-state index is -0.116. The maximum Gasteiger partial charge on any atom is 0.228 e. The third-order valence-electron chi connectivity index (χ3n) is 6.47. The number of amides is 2. The van der Waals surface area contributed by atoms with Gasteiger partial charge in [0.05, 0.1) is 25.6 Å². The van der Waals surface area contributed by atoms with E-state index in [0.29, 0.717) is 30.1 Å². The van der Waals surface area contributed by atoms with Gasteiger partial charge in [0.2, 0.25) is 11.8 Å². The van der Waals surface area contributed by atoms with Gasteiger partial charge < -0.3 is 15.0 Å². The molecule has 3 heterocycles. The van der Waals surface area contributed by atoms with Crippen LogP contribution in [0.1, 0.15) is 39.6 Å². The molecule has 0 saturated heterocycles. The van der Waals surface area contributed by atoms with E-state index in [-0.39, 0.29) is 30.1 Å². The summed E-state index contributed by atoms with van der Waals surface area (Å²) >= 11 is 1.41. The molecule has 1 aromatic carbocycles. The molecule has 1 aliphatic heterocycles. The summed E-state index contributed by atoms with van der Waals surface area (Å²) in [6.45, 7) is 1.00. The Morgan fingerprint density at radius 3 is 2.94 bits per heavy atom. The number of anilines is 1. The van der Waals surface area contributed by atoms with Crippen molar-refractivity contribution in [3.8, 4) is 11.8 Å². The average molecular weight is 473 g/mol. The van der Waals surface area contributed by atoms with Crippen molar-refractivity contribution in [1.29, 1.82) is 5.26 Å². The Labute approximate surface area is 202 Å². The van der Waals surface area contributed by atoms with Crippen molar-refractivity contribution < 1.29 is 14.3 Å². The van der Waals surface area contributed by atoms with E-state index in [1.54, 1.807) is 18.2 Å². The van der Waals surface area contributed by atoms with Crippen LogP contribution in [-0.2, 0) is 29.0 Å². The predicted octanol–water partition coefficient (Wildman–Crippen LogP) is 3.89. The normalized spacial score (nSPS) is 18.5. The summed E-state index contributed by atoms with van der Waals surface area (Å²) in [5.74, 6) is 0.777. The number of rotatable bonds is 6. The Kier molecular flexibility index (Phi) is 6.03. The van der Waals surface area contributed by atoms with Crippen molar-refractivity contribution in [2.75, 3.05) is 19.0 Å². The van der Waals surface area contributed by atoms with Crippen LogP contribution < -0.4 is 10.1 Å². The molecule has 2 amide bonds. The van der Waals surface area contributed by atoms with Gasteiger partial charge in [-0.2, -0.15) is 5.26 Å². The lowest BCUT2D eigenvalue weighted by atomic mass is 10.0. The molecule has 2 aliphatic rings. The highest BCUT2D eigenvalue weighted by molar-refractivity contribution is 7.16. The number of hydrogen-bond donors (Lipinski definition) is 1. The Balaban J connectivity index is 1.26. The zero-order valence-corrected chi connectivity index (χ0v) is 19.6. The largest absolute Gasteiger partial charge is 0.497 e. The molecule has 1 fully saturated rings. The molecule has 34 heavy (non-hydrogen) atoms. The Bertz CT molecular complexity index is 1280. The van der Waals surface area contributed by atoms with Crippen molar-refractivity contribution in [3.63, 3.8) is 0 Å². The number of nitrogens with zero attached hydrogens (tertiary/aromatic N) is 3. The van der Waals surface area contributed by atoms with Crippen molar-refractivity contribution in [2.24, 2.45) is 5.92 Å². The first-order valence-corrected chi connectivity index (χ1v) is 12.1. The number of thiophene rings is 1. The molecule has 1 N–H and O–H groups in total. The van der Waals surface area contributed by atoms with Crippen molar-refractivity contribution in [2.45, 2.75) is 31.7 Å². The molecular formula is C26H24N4O3S. The smallest absolute Gasteiger partial charge is 0.228 e. The molecule has 0 bridgehead atoms. The van der Waals surface area contributed by atoms with Crippen LogP contribution in [0.5, 0.6) is 5.75 Å². The van der Waals surface area contributed by atoms with Crippen LogP contribution in [0, 0.1) is 17.2 Å². The standard InChI is InChI=1S/C26H24N4O3S/c1-33-18-7-4-5-16(11-18)20-13-21(20)25(32)29-26-22(14-27)19-8-10-30(15-23(19)34-26)24(31)12-17-6-2-3-9-28-17/h2-7,9,11,20-21H,8,10,12-13,15H2,1H3,(H,29,32). The quantitative estimate of drug-likeness (QED) is 0.587. The van der Waals surface area contributed by atoms with E-state index in [1.807, 2.05) is 42.5 Å². The van der Waals surface area contributed by atoms with Gasteiger partial charge in [-0.25, -0.2) is 0 Å². The number of aromatic nitrogens is 1. The molecule has 2 aromatic heterocycles. The van der Waals surface area contributed by atoms with Gasteiger partial charge in [0, 0.05) is 29.2 Å². The molecule has 1 saturated carbocycles. The number of hydrogen-bond acceptors (Lipinski definition) is 6. The third-order valence-corrected chi connectivity index (χ3v) is 7.60. The number of methoxy groups -OCH3 is 1. The van der Waals surface area contributed by atoms with E-state index in [1.165, 1.54) is 11.3 Å². The van der Waals surface area contributed by atoms with Crippen LogP contribution >= 0.6 is 11.3 Å². The lowest BCUT2D eigenvalue weighted by Crippen LogP contribution is -2.36. The number of ether oxygens (including phenoxy) is 1. The van der Waals surface area contributed by atoms with Crippen molar-refractivity contribution in [1.82, 2.24) is 9.88 Å². The van der Waals surface area contributed by atoms with Gasteiger partial charge in [-0.15, -0.1) is 11.3 Å². The van der Waals surface area contributed by atoms with Crippen molar-refractivity contribution in [3.05, 3.63) is 75.9 Å². The molecule has 172 valence electrons. The van der Waals surface area contributed by atoms with E-state index in [4.69, 9.17) is 4.74 Å². The van der Waals surface area contributed by atoms with Crippen LogP contribution in [0.3, 0.4) is 0 Å². The van der Waals surface area contributed by atoms with Gasteiger partial charge >= 0.3 is 0 Å². The summed E-state index contributed by atoms with van der Waals surface area (Å²) < 4.78 is 5.29. The van der Waals surface area contributed by atoms with Crippen LogP contribution in [-0.4, -0.2) is 35.4 Å². The van der Waals surface area contributed by atoms with Crippen LogP contribution in [0.25, 0.3) is 0 Å². The number of fused-ring (bicyclic) bond motifs is 1. The minimum absolute atomic E-state index is 0.0148. The highest BCUT2D eigenvalue weighted by Gasteiger charge is 2.44. The molecule has 2 atom stereocenters. The third kappa shape index (κ3) is 4.39. The van der Waals surface area contributed by atoms with E-state index in [0.717, 1.165) is 33.9 Å². The van der Waals surface area contributed by atoms with E-state index < -0.39 is 0 Å². The highest BCUT2D eigenvalue weighted by Crippen LogP contribution is 2.49. The number of nitrogens with one attached hydrogen (secondary N) is 1. The molecule has 0 spiro atoms. The Hall–Kier alpha value is -3.70. The summed E-state index contributed by atoms with van der Waals surface area (Å²) in [5.41, 5.74) is 3.31. The second-order valence-corrected chi connectivity index (χ2v) is 9.70. The first-order valence-electron chi connectivity index (χ1n) is 11.2. The Morgan fingerprint density at radius 1 is 1.29 bits per heavy atom. The number of carbonyl (C=O) groups excluding carboxylic acids is 2. The number of benzene rings is 1. The second-order valence-electron chi connectivity index (χ2n) is 8.60. The fraction of sp³-hybridized carbons (Fsp3) is 0.308. The highest BCUT2D eigenvalue weighted by atomic mass is 32.1. The molecular weight excluding hydrogens is 448 g/mol. The summed E-state index contributed by atoms with van der Waals surface area (Å²) in [7, 11) is 1.63. The van der Waals surface area contributed by atoms with Gasteiger partial charge in [0.1, 0.15) is 16.8 Å². The van der Waals surface area contributed by atoms with Gasteiger partial charge in [0.15, 0.2) is 0 Å². The zero-order valence-electron chi connectivity index (χ0n) is 18.8. The van der Waals surface area contributed by atoms with Gasteiger partial charge in [-0.05, 0) is 54.2 Å². The topological polar surface area (TPSA) is 95.3 Å². The molecule has 0 radical (unpaired) electrons. The van der Waals surface area contributed by atoms with Crippen LogP contribution in [0.2, 0.25) is 0 Å². The number of nitriles is 1. The first-order chi connectivity index (χ1) is 16.6. The number of pyridine rings is 1. The van der Waals surface area contributed by atoms with E-state index in [9.17, 15) is 14.9 Å². The lowest BCUT2D eigenvalue weighted by molar-refractivity contribution is -0.131. The van der Waals surface area contributed by atoms with E-state index >= 15 is 0 Å². The maximum absolute atomic E-state index is 13.0.